The van der Waals surface area contributed by atoms with Crippen LogP contribution in [0.3, 0.4) is 0 Å². The predicted octanol–water partition coefficient (Wildman–Crippen LogP) is 7.55. The van der Waals surface area contributed by atoms with Crippen LogP contribution in [0.4, 0.5) is 26.7 Å². The van der Waals surface area contributed by atoms with Crippen LogP contribution in [0.25, 0.3) is 0 Å². The van der Waals surface area contributed by atoms with Crippen molar-refractivity contribution < 1.29 is 31.5 Å². The second kappa shape index (κ2) is 11.7. The molecule has 3 aromatic carbocycles. The number of carbonyl (C=O) groups excluding carboxylic acids is 1. The molecule has 2 N–H and O–H groups in total. The van der Waals surface area contributed by atoms with Crippen molar-refractivity contribution in [2.75, 3.05) is 0 Å². The number of nitrogens with one attached hydrogen (secondary N) is 2. The fourth-order valence-corrected chi connectivity index (χ4v) is 5.02. The van der Waals surface area contributed by atoms with E-state index in [1.807, 2.05) is 18.2 Å². The third kappa shape index (κ3) is 6.64. The van der Waals surface area contributed by atoms with Crippen molar-refractivity contribution >= 4 is 22.0 Å². The molecule has 1 atom stereocenters. The summed E-state index contributed by atoms with van der Waals surface area (Å²) in [6.07, 6.45) is -5.26. The summed E-state index contributed by atoms with van der Waals surface area (Å²) in [6, 6.07) is 18.1. The molecule has 0 unspecified atom stereocenters. The summed E-state index contributed by atoms with van der Waals surface area (Å²) in [5.41, 5.74) is -0.166. The average Bonchev–Trinajstić information content (AvgIpc) is 3.37. The van der Waals surface area contributed by atoms with Gasteiger partial charge in [-0.1, -0.05) is 71.2 Å². The predicted molar refractivity (Wildman–Crippen MR) is 137 cm³/mol. The largest absolute Gasteiger partial charge is 0.461 e. The lowest BCUT2D eigenvalue weighted by molar-refractivity contribution is -0.253. The number of benzene rings is 3. The number of hydrogen-bond acceptors (Lipinski definition) is 2. The van der Waals surface area contributed by atoms with Crippen LogP contribution in [-0.4, -0.2) is 24.6 Å². The number of urea groups is 1. The van der Waals surface area contributed by atoms with E-state index in [0.29, 0.717) is 11.6 Å². The Kier molecular flexibility index (Phi) is 8.60. The van der Waals surface area contributed by atoms with E-state index in [4.69, 9.17) is 0 Å². The van der Waals surface area contributed by atoms with Gasteiger partial charge in [-0.15, -0.1) is 0 Å². The molecule has 2 amide bonds. The minimum Gasteiger partial charge on any atom is -0.428 e. The number of alkyl halides is 4. The summed E-state index contributed by atoms with van der Waals surface area (Å²) in [6.45, 7) is 0. The van der Waals surface area contributed by atoms with Crippen molar-refractivity contribution in [3.63, 3.8) is 0 Å². The quantitative estimate of drug-likeness (QED) is 0.250. The van der Waals surface area contributed by atoms with E-state index < -0.39 is 35.7 Å². The van der Waals surface area contributed by atoms with Gasteiger partial charge in [-0.05, 0) is 53.8 Å². The Morgan fingerprint density at radius 1 is 0.974 bits per heavy atom. The van der Waals surface area contributed by atoms with Gasteiger partial charge in [0, 0.05) is 23.0 Å². The zero-order valence-electron chi connectivity index (χ0n) is 20.2. The Labute approximate surface area is 225 Å². The Balaban J connectivity index is 1.86. The molecule has 10 heteroatoms. The molecule has 0 radical (unpaired) electrons. The first-order valence-corrected chi connectivity index (χ1v) is 12.9. The molecule has 1 fully saturated rings. The van der Waals surface area contributed by atoms with E-state index in [-0.39, 0.29) is 18.0 Å². The van der Waals surface area contributed by atoms with E-state index in [1.165, 1.54) is 0 Å². The molecular weight excluding hydrogens is 571 g/mol. The number of amides is 2. The SMILES string of the molecule is O=C(NC1CCCC1)N[C@@](Cc1ccccc1)(c1ccc(Br)cc1)c1cc(F)cc(OC(F)(F)C(F)F)c1. The van der Waals surface area contributed by atoms with Crippen LogP contribution in [0.5, 0.6) is 5.75 Å². The fraction of sp³-hybridized carbons (Fsp3) is 0.321. The third-order valence-electron chi connectivity index (χ3n) is 6.54. The minimum atomic E-state index is -4.84. The molecule has 0 aromatic heterocycles. The van der Waals surface area contributed by atoms with Gasteiger partial charge < -0.3 is 15.4 Å². The van der Waals surface area contributed by atoms with Crippen molar-refractivity contribution in [1.29, 1.82) is 0 Å². The zero-order chi connectivity index (χ0) is 27.3. The second-order valence-electron chi connectivity index (χ2n) is 9.29. The molecule has 4 nitrogen and oxygen atoms in total. The van der Waals surface area contributed by atoms with E-state index in [9.17, 15) is 26.7 Å². The average molecular weight is 597 g/mol. The fourth-order valence-electron chi connectivity index (χ4n) is 4.75. The molecule has 0 saturated heterocycles. The number of rotatable bonds is 9. The first-order valence-electron chi connectivity index (χ1n) is 12.1. The second-order valence-corrected chi connectivity index (χ2v) is 10.2. The molecule has 4 rings (SSSR count). The van der Waals surface area contributed by atoms with Gasteiger partial charge in [-0.25, -0.2) is 9.18 Å². The van der Waals surface area contributed by atoms with Gasteiger partial charge >= 0.3 is 18.6 Å². The van der Waals surface area contributed by atoms with Crippen molar-refractivity contribution in [2.24, 2.45) is 0 Å². The van der Waals surface area contributed by atoms with Gasteiger partial charge in [-0.2, -0.15) is 17.6 Å². The molecular formula is C28H26BrF5N2O2. The van der Waals surface area contributed by atoms with Crippen LogP contribution < -0.4 is 15.4 Å². The van der Waals surface area contributed by atoms with E-state index in [2.05, 4.69) is 31.3 Å². The van der Waals surface area contributed by atoms with E-state index in [0.717, 1.165) is 47.9 Å². The lowest BCUT2D eigenvalue weighted by Gasteiger charge is -2.37. The van der Waals surface area contributed by atoms with Gasteiger partial charge in [0.05, 0.1) is 5.54 Å². The summed E-state index contributed by atoms with van der Waals surface area (Å²) in [5.74, 6) is -1.78. The lowest BCUT2D eigenvalue weighted by atomic mass is 9.77. The summed E-state index contributed by atoms with van der Waals surface area (Å²) < 4.78 is 73.1. The summed E-state index contributed by atoms with van der Waals surface area (Å²) in [7, 11) is 0. The maximum absolute atomic E-state index is 14.9. The highest BCUT2D eigenvalue weighted by Crippen LogP contribution is 2.38. The summed E-state index contributed by atoms with van der Waals surface area (Å²) in [5, 5.41) is 5.92. The Hall–Kier alpha value is -3.14. The molecule has 0 spiro atoms. The van der Waals surface area contributed by atoms with Gasteiger partial charge in [0.1, 0.15) is 11.6 Å². The number of ether oxygens (including phenoxy) is 1. The summed E-state index contributed by atoms with van der Waals surface area (Å²) in [4.78, 5) is 13.3. The number of hydrogen-bond donors (Lipinski definition) is 2. The maximum atomic E-state index is 14.9. The molecule has 1 aliphatic rings. The van der Waals surface area contributed by atoms with Gasteiger partial charge in [0.15, 0.2) is 0 Å². The first kappa shape index (κ1) is 27.9. The Bertz CT molecular complexity index is 1240. The van der Waals surface area contributed by atoms with Crippen LogP contribution in [-0.2, 0) is 12.0 Å². The highest BCUT2D eigenvalue weighted by molar-refractivity contribution is 9.10. The molecule has 38 heavy (non-hydrogen) atoms. The highest BCUT2D eigenvalue weighted by Gasteiger charge is 2.45. The molecule has 1 aliphatic carbocycles. The van der Waals surface area contributed by atoms with E-state index in [1.54, 1.807) is 36.4 Å². The third-order valence-corrected chi connectivity index (χ3v) is 7.07. The van der Waals surface area contributed by atoms with Crippen LogP contribution in [0.15, 0.2) is 77.3 Å². The van der Waals surface area contributed by atoms with Crippen LogP contribution in [0.1, 0.15) is 42.4 Å². The van der Waals surface area contributed by atoms with Crippen molar-refractivity contribution in [3.05, 3.63) is 99.8 Å². The van der Waals surface area contributed by atoms with Crippen LogP contribution in [0.2, 0.25) is 0 Å². The molecule has 0 aliphatic heterocycles. The Morgan fingerprint density at radius 3 is 2.26 bits per heavy atom. The molecule has 3 aromatic rings. The van der Waals surface area contributed by atoms with Crippen molar-refractivity contribution in [2.45, 2.75) is 56.2 Å². The highest BCUT2D eigenvalue weighted by atomic mass is 79.9. The van der Waals surface area contributed by atoms with E-state index >= 15 is 0 Å². The first-order chi connectivity index (χ1) is 18.1. The molecule has 202 valence electrons. The van der Waals surface area contributed by atoms with Crippen molar-refractivity contribution in [3.8, 4) is 5.75 Å². The maximum Gasteiger partial charge on any atom is 0.461 e. The standard InChI is InChI=1S/C28H26BrF5N2O2/c29-21-12-10-19(11-13-21)27(17-18-6-2-1-3-7-18,36-26(37)35-23-8-4-5-9-23)20-14-22(30)16-24(15-20)38-28(33,34)25(31)32/h1-3,6-7,10-16,23,25H,4-5,8-9,17H2,(H2,35,36,37)/t27-/m0/s1. The Morgan fingerprint density at radius 2 is 1.63 bits per heavy atom. The number of halogens is 6. The summed E-state index contributed by atoms with van der Waals surface area (Å²) >= 11 is 3.38. The molecule has 0 heterocycles. The smallest absolute Gasteiger partial charge is 0.428 e. The van der Waals surface area contributed by atoms with Gasteiger partial charge in [-0.3, -0.25) is 0 Å². The van der Waals surface area contributed by atoms with Crippen LogP contribution in [0, 0.1) is 5.82 Å². The molecule has 0 bridgehead atoms. The van der Waals surface area contributed by atoms with Crippen molar-refractivity contribution in [1.82, 2.24) is 10.6 Å². The van der Waals surface area contributed by atoms with Gasteiger partial charge in [0.2, 0.25) is 0 Å². The normalized spacial score (nSPS) is 15.8. The number of carbonyl (C=O) groups is 1. The topological polar surface area (TPSA) is 50.4 Å². The van der Waals surface area contributed by atoms with Crippen LogP contribution >= 0.6 is 15.9 Å². The van der Waals surface area contributed by atoms with Gasteiger partial charge in [0.25, 0.3) is 0 Å². The molecule has 1 saturated carbocycles. The monoisotopic (exact) mass is 596 g/mol. The lowest BCUT2D eigenvalue weighted by Crippen LogP contribution is -2.53. The zero-order valence-corrected chi connectivity index (χ0v) is 21.8. The minimum absolute atomic E-state index is 0.0366.